The fourth-order valence-electron chi connectivity index (χ4n) is 17.6. The molecule has 0 saturated heterocycles. The van der Waals surface area contributed by atoms with Gasteiger partial charge >= 0.3 is 41.8 Å². The van der Waals surface area contributed by atoms with Gasteiger partial charge in [-0.2, -0.15) is 0 Å². The van der Waals surface area contributed by atoms with Crippen LogP contribution >= 0.6 is 0 Å². The molecule has 0 heterocycles. The molecule has 18 atom stereocenters. The normalized spacial score (nSPS) is 38.3. The predicted octanol–water partition coefficient (Wildman–Crippen LogP) is 8.32. The van der Waals surface area contributed by atoms with Gasteiger partial charge in [0.2, 0.25) is 11.5 Å². The monoisotopic (exact) mass is 1040 g/mol. The lowest BCUT2D eigenvalue weighted by molar-refractivity contribution is -0.241. The van der Waals surface area contributed by atoms with Crippen molar-refractivity contribution in [2.45, 2.75) is 236 Å². The number of ether oxygens (including phenoxy) is 8. The van der Waals surface area contributed by atoms with E-state index in [1.54, 1.807) is 0 Å². The minimum atomic E-state index is -2.30. The second-order valence-electron chi connectivity index (χ2n) is 25.1. The molecule has 0 bridgehead atoms. The Morgan fingerprint density at radius 2 is 1.14 bits per heavy atom. The second kappa shape index (κ2) is 22.4. The van der Waals surface area contributed by atoms with Crippen LogP contribution in [0.1, 0.15) is 187 Å². The van der Waals surface area contributed by atoms with Gasteiger partial charge in [0.15, 0.2) is 24.4 Å². The molecule has 6 aliphatic rings. The third-order valence-corrected chi connectivity index (χ3v) is 20.3. The van der Waals surface area contributed by atoms with Crippen molar-refractivity contribution >= 4 is 47.7 Å². The maximum atomic E-state index is 13.0. The summed E-state index contributed by atoms with van der Waals surface area (Å²) in [5, 5.41) is 2.64. The number of hydrogen-bond donors (Lipinski definition) is 1. The zero-order chi connectivity index (χ0) is 55.1. The summed E-state index contributed by atoms with van der Waals surface area (Å²) in [7, 11) is 0. The first-order valence-electron chi connectivity index (χ1n) is 27.4. The molecule has 1 amide bonds. The smallest absolute Gasteiger partial charge is 0.303 e. The van der Waals surface area contributed by atoms with Crippen LogP contribution in [0.25, 0.3) is 0 Å². The van der Waals surface area contributed by atoms with Gasteiger partial charge < -0.3 is 43.2 Å². The van der Waals surface area contributed by atoms with Crippen LogP contribution in [0, 0.1) is 62.6 Å². The summed E-state index contributed by atoms with van der Waals surface area (Å²) in [6, 6.07) is -1.46. The summed E-state index contributed by atoms with van der Waals surface area (Å²) in [5.41, 5.74) is -0.870. The topological polar surface area (TPSA) is 222 Å². The molecule has 0 spiro atoms. The van der Waals surface area contributed by atoms with E-state index in [0.717, 1.165) is 72.6 Å². The van der Waals surface area contributed by atoms with Gasteiger partial charge in [0.25, 0.3) is 0 Å². The van der Waals surface area contributed by atoms with E-state index in [2.05, 4.69) is 53.8 Å². The van der Waals surface area contributed by atoms with E-state index in [1.165, 1.54) is 65.2 Å². The highest BCUT2D eigenvalue weighted by Gasteiger charge is 2.71. The Bertz CT molecular complexity index is 2140. The summed E-state index contributed by atoms with van der Waals surface area (Å²) in [4.78, 5) is 103. The minimum absolute atomic E-state index is 0.172. The molecule has 6 aliphatic carbocycles. The van der Waals surface area contributed by atoms with Gasteiger partial charge in [-0.05, 0) is 140 Å². The van der Waals surface area contributed by atoms with E-state index in [9.17, 15) is 38.4 Å². The minimum Gasteiger partial charge on any atom is -0.461 e. The van der Waals surface area contributed by atoms with Crippen LogP contribution in [0.4, 0.5) is 0 Å². The first-order valence-corrected chi connectivity index (χ1v) is 27.4. The number of rotatable bonds is 18. The fraction of sp³-hybridized carbons (Fsp3) is 0.860. The molecule has 1 N–H and O–H groups in total. The third-order valence-electron chi connectivity index (χ3n) is 20.3. The molecule has 6 rings (SSSR count). The highest BCUT2D eigenvalue weighted by molar-refractivity contribution is 5.74. The molecule has 6 saturated carbocycles. The van der Waals surface area contributed by atoms with Crippen molar-refractivity contribution in [2.24, 2.45) is 62.6 Å². The van der Waals surface area contributed by atoms with Gasteiger partial charge in [0.1, 0.15) is 24.9 Å². The Hall–Kier alpha value is -4.28. The molecule has 0 aromatic rings. The van der Waals surface area contributed by atoms with E-state index < -0.39 is 109 Å². The standard InChI is InChI=1S/C57H89NO16/c1-31(40-21-26-53(12)41(40)22-27-55(14)45(53)19-20-46-54(13)25-16-24-52(10,11)44(54)23-28-56(46,55)15)17-18-42(69-34(4)61)48(71-36(6)63)43(70-35(5)62)29-67-50-47(58-32(2)59)49(72-37(7)64)51(73-38(8)65)57(50,74-39(9)66)30-68-33(3)60/h31,40-51H,16-30H2,1-15H3,(H,58,59)/t31-,40-,41+,42?,43?,44+,45-,46-,47?,48?,49?,50?,51?,53+,54+,55-,56-,57?/m1/s1. The van der Waals surface area contributed by atoms with Crippen molar-refractivity contribution in [3.05, 3.63) is 0 Å². The van der Waals surface area contributed by atoms with Gasteiger partial charge in [-0.15, -0.1) is 0 Å². The molecule has 6 fully saturated rings. The number of fused-ring (bicyclic) bond motifs is 7. The number of esters is 7. The first kappa shape index (κ1) is 59.0. The maximum absolute atomic E-state index is 13.0. The summed E-state index contributed by atoms with van der Waals surface area (Å²) in [5.74, 6) is -3.34. The zero-order valence-electron chi connectivity index (χ0n) is 47.1. The van der Waals surface area contributed by atoms with Crippen LogP contribution in [0.5, 0.6) is 0 Å². The first-order chi connectivity index (χ1) is 34.4. The van der Waals surface area contributed by atoms with E-state index in [1.807, 2.05) is 0 Å². The van der Waals surface area contributed by atoms with Crippen molar-refractivity contribution in [3.8, 4) is 0 Å². The summed E-state index contributed by atoms with van der Waals surface area (Å²) in [6.45, 7) is 25.3. The molecule has 8 unspecified atom stereocenters. The summed E-state index contributed by atoms with van der Waals surface area (Å²) >= 11 is 0. The Labute approximate surface area is 439 Å². The fourth-order valence-corrected chi connectivity index (χ4v) is 17.6. The molecule has 17 nitrogen and oxygen atoms in total. The molecule has 74 heavy (non-hydrogen) atoms. The molecular formula is C57H89NO16. The number of amides is 1. The summed E-state index contributed by atoms with van der Waals surface area (Å²) < 4.78 is 46.8. The van der Waals surface area contributed by atoms with Crippen LogP contribution < -0.4 is 5.32 Å². The quantitative estimate of drug-likeness (QED) is 0.101. The SMILES string of the molecule is CC(=O)NC1C(OC(C)=O)C(OC(C)=O)C(COC(C)=O)(OC(C)=O)C1OCC(OC(C)=O)C(OC(C)=O)C(CC[C@@H](C)[C@H]1CC[C@]2(C)[C@H]3CC[C@@H]4[C@@]5(C)CCCC(C)(C)[C@@H]5CC[C@@]4(C)[C@]3(C)CC[C@@H]12)OC(C)=O. The molecular weight excluding hydrogens is 955 g/mol. The van der Waals surface area contributed by atoms with Gasteiger partial charge in [0.05, 0.1) is 6.61 Å². The van der Waals surface area contributed by atoms with Crippen LogP contribution in [0.3, 0.4) is 0 Å². The Morgan fingerprint density at radius 3 is 1.69 bits per heavy atom. The average molecular weight is 1040 g/mol. The van der Waals surface area contributed by atoms with Crippen LogP contribution in [0.2, 0.25) is 0 Å². The van der Waals surface area contributed by atoms with Gasteiger partial charge in [0, 0.05) is 55.4 Å². The molecule has 0 radical (unpaired) electrons. The van der Waals surface area contributed by atoms with Gasteiger partial charge in [-0.25, -0.2) is 0 Å². The largest absolute Gasteiger partial charge is 0.461 e. The van der Waals surface area contributed by atoms with Gasteiger partial charge in [-0.1, -0.05) is 54.9 Å². The van der Waals surface area contributed by atoms with Crippen molar-refractivity contribution in [3.63, 3.8) is 0 Å². The van der Waals surface area contributed by atoms with E-state index in [-0.39, 0.29) is 28.6 Å². The lowest BCUT2D eigenvalue weighted by Gasteiger charge is -2.73. The van der Waals surface area contributed by atoms with E-state index in [4.69, 9.17) is 37.9 Å². The van der Waals surface area contributed by atoms with Crippen molar-refractivity contribution in [2.75, 3.05) is 13.2 Å². The highest BCUT2D eigenvalue weighted by Crippen LogP contribution is 2.78. The molecule has 0 aromatic carbocycles. The van der Waals surface area contributed by atoms with E-state index in [0.29, 0.717) is 35.0 Å². The summed E-state index contributed by atoms with van der Waals surface area (Å²) in [6.07, 6.45) is 5.44. The zero-order valence-corrected chi connectivity index (χ0v) is 47.1. The number of carbonyl (C=O) groups excluding carboxylic acids is 8. The Balaban J connectivity index is 1.27. The van der Waals surface area contributed by atoms with Crippen molar-refractivity contribution in [1.82, 2.24) is 5.32 Å². The van der Waals surface area contributed by atoms with Crippen LogP contribution in [0.15, 0.2) is 0 Å². The number of hydrogen-bond acceptors (Lipinski definition) is 16. The maximum Gasteiger partial charge on any atom is 0.303 e. The van der Waals surface area contributed by atoms with Gasteiger partial charge in [-0.3, -0.25) is 38.4 Å². The third kappa shape index (κ3) is 11.4. The lowest BCUT2D eigenvalue weighted by atomic mass is 9.32. The molecule has 0 aromatic heterocycles. The molecule has 17 heteroatoms. The number of nitrogens with one attached hydrogen (secondary N) is 1. The average Bonchev–Trinajstić information content (AvgIpc) is 3.71. The molecule has 418 valence electrons. The van der Waals surface area contributed by atoms with Crippen LogP contribution in [-0.4, -0.2) is 109 Å². The van der Waals surface area contributed by atoms with E-state index >= 15 is 0 Å². The highest BCUT2D eigenvalue weighted by atomic mass is 16.7. The number of carbonyl (C=O) groups is 8. The lowest BCUT2D eigenvalue weighted by Crippen LogP contribution is -2.65. The van der Waals surface area contributed by atoms with Crippen molar-refractivity contribution < 1.29 is 76.3 Å². The Kier molecular flexibility index (Phi) is 17.8. The predicted molar refractivity (Wildman–Crippen MR) is 269 cm³/mol. The molecule has 0 aliphatic heterocycles. The van der Waals surface area contributed by atoms with Crippen LogP contribution in [-0.2, 0) is 76.3 Å². The second-order valence-corrected chi connectivity index (χ2v) is 25.1. The van der Waals surface area contributed by atoms with Crippen molar-refractivity contribution in [1.29, 1.82) is 0 Å². The Morgan fingerprint density at radius 1 is 0.554 bits per heavy atom.